The van der Waals surface area contributed by atoms with Gasteiger partial charge in [0.15, 0.2) is 0 Å². The number of aliphatic hydroxyl groups excluding tert-OH is 5. The Morgan fingerprint density at radius 1 is 1.35 bits per heavy atom. The molecule has 0 spiro atoms. The van der Waals surface area contributed by atoms with Gasteiger partial charge in [-0.05, 0) is 0 Å². The van der Waals surface area contributed by atoms with Gasteiger partial charge in [0.05, 0.1) is 0 Å². The first-order valence-corrected chi connectivity index (χ1v) is 8.78. The average Bonchev–Trinajstić information content (AvgIpc) is 2.42. The summed E-state index contributed by atoms with van der Waals surface area (Å²) in [5.74, 6) is -0.791. The Hall–Kier alpha value is -0.340. The number of aliphatic hydroxyl groups is 5. The topological polar surface area (TPSA) is 143 Å². The SMILES string of the molecule is C[I-]NN(C)OC(=O)/C=C/C(O)C(O)C(O)C(O)CO. The molecule has 0 bridgehead atoms. The Labute approximate surface area is 127 Å². The van der Waals surface area contributed by atoms with Crippen LogP contribution < -0.4 is 25.1 Å². The standard InChI is InChI=1S/C10H20IN2O7/c1-11-12-13(2)20-8(17)4-3-6(15)9(18)10(19)7(16)5-14/h3-4,6-7,9-10,12,14-16,18-19H,5H2,1-2H3/q-1/b4-3+. The van der Waals surface area contributed by atoms with Crippen LogP contribution in [0.4, 0.5) is 0 Å². The second-order valence-corrected chi connectivity index (χ2v) is 5.32. The van der Waals surface area contributed by atoms with E-state index in [1.54, 1.807) is 0 Å². The molecule has 20 heavy (non-hydrogen) atoms. The molecule has 0 rings (SSSR count). The van der Waals surface area contributed by atoms with Crippen LogP contribution in [0.25, 0.3) is 0 Å². The van der Waals surface area contributed by atoms with E-state index in [-0.39, 0.29) is 21.5 Å². The van der Waals surface area contributed by atoms with Gasteiger partial charge in [-0.15, -0.1) is 0 Å². The van der Waals surface area contributed by atoms with Crippen LogP contribution >= 0.6 is 0 Å². The summed E-state index contributed by atoms with van der Waals surface area (Å²) in [6.45, 7) is -0.771. The van der Waals surface area contributed by atoms with Crippen molar-refractivity contribution < 1.29 is 56.6 Å². The van der Waals surface area contributed by atoms with Gasteiger partial charge in [-0.2, -0.15) is 0 Å². The number of carbonyl (C=O) groups is 1. The van der Waals surface area contributed by atoms with E-state index in [2.05, 4.69) is 3.64 Å². The number of nitrogens with zero attached hydrogens (tertiary/aromatic N) is 1. The molecule has 0 amide bonds. The summed E-state index contributed by atoms with van der Waals surface area (Å²) in [6.07, 6.45) is -4.91. The van der Waals surface area contributed by atoms with Crippen LogP contribution in [0, 0.1) is 0 Å². The zero-order valence-corrected chi connectivity index (χ0v) is 13.2. The molecule has 10 heteroatoms. The second kappa shape index (κ2) is 10.4. The molecule has 0 aliphatic heterocycles. The summed E-state index contributed by atoms with van der Waals surface area (Å²) < 4.78 is 2.78. The maximum absolute atomic E-state index is 11.3. The van der Waals surface area contributed by atoms with Gasteiger partial charge in [-0.1, -0.05) is 0 Å². The van der Waals surface area contributed by atoms with Crippen molar-refractivity contribution in [3.05, 3.63) is 12.2 Å². The second-order valence-electron chi connectivity index (χ2n) is 3.76. The van der Waals surface area contributed by atoms with Crippen LogP contribution in [-0.4, -0.2) is 79.7 Å². The Kier molecular flexibility index (Phi) is 10.2. The van der Waals surface area contributed by atoms with Gasteiger partial charge in [0.1, 0.15) is 0 Å². The average molecular weight is 407 g/mol. The van der Waals surface area contributed by atoms with Gasteiger partial charge >= 0.3 is 127 Å². The molecule has 0 radical (unpaired) electrons. The van der Waals surface area contributed by atoms with Crippen molar-refractivity contribution >= 4 is 5.97 Å². The third kappa shape index (κ3) is 7.44. The fourth-order valence-electron chi connectivity index (χ4n) is 1.13. The zero-order valence-electron chi connectivity index (χ0n) is 11.0. The molecular weight excluding hydrogens is 387 g/mol. The maximum atomic E-state index is 11.3. The van der Waals surface area contributed by atoms with E-state index in [9.17, 15) is 20.1 Å². The van der Waals surface area contributed by atoms with E-state index in [0.717, 1.165) is 17.3 Å². The number of hydroxylamine groups is 1. The van der Waals surface area contributed by atoms with Crippen LogP contribution in [0.5, 0.6) is 0 Å². The monoisotopic (exact) mass is 407 g/mol. The molecule has 0 aromatic carbocycles. The molecule has 0 fully saturated rings. The number of hydrogen-bond acceptors (Lipinski definition) is 9. The molecule has 0 aromatic rings. The van der Waals surface area contributed by atoms with Crippen molar-refractivity contribution in [2.24, 2.45) is 0 Å². The quantitative estimate of drug-likeness (QED) is 0.0723. The van der Waals surface area contributed by atoms with Crippen molar-refractivity contribution in [1.29, 1.82) is 0 Å². The summed E-state index contributed by atoms with van der Waals surface area (Å²) in [7, 11) is 1.49. The van der Waals surface area contributed by atoms with Gasteiger partial charge in [-0.25, -0.2) is 0 Å². The van der Waals surface area contributed by atoms with Crippen LogP contribution in [0.1, 0.15) is 0 Å². The molecule has 0 heterocycles. The van der Waals surface area contributed by atoms with Crippen molar-refractivity contribution in [1.82, 2.24) is 8.81 Å². The van der Waals surface area contributed by atoms with Crippen LogP contribution in [0.15, 0.2) is 12.2 Å². The number of hydrazine groups is 1. The van der Waals surface area contributed by atoms with Crippen molar-refractivity contribution in [3.63, 3.8) is 0 Å². The van der Waals surface area contributed by atoms with E-state index in [0.29, 0.717) is 0 Å². The van der Waals surface area contributed by atoms with Gasteiger partial charge in [0.25, 0.3) is 0 Å². The third-order valence-corrected chi connectivity index (χ3v) is 3.30. The van der Waals surface area contributed by atoms with E-state index >= 15 is 0 Å². The zero-order chi connectivity index (χ0) is 15.7. The summed E-state index contributed by atoms with van der Waals surface area (Å²) in [4.78, 5) is 17.9. The normalized spacial score (nSPS) is 18.2. The molecule has 0 saturated carbocycles. The molecule has 0 aliphatic rings. The number of carbonyl (C=O) groups excluding carboxylic acids is 1. The molecule has 120 valence electrons. The molecule has 4 unspecified atom stereocenters. The Balaban J connectivity index is 4.33. The molecular formula is C10H20IN2O7-. The number of alkyl halides is 1. The first-order valence-electron chi connectivity index (χ1n) is 5.54. The number of hydrogen-bond donors (Lipinski definition) is 6. The summed E-state index contributed by atoms with van der Waals surface area (Å²) in [5, 5.41) is 47.1. The summed E-state index contributed by atoms with van der Waals surface area (Å²) in [5.41, 5.74) is 0. The first-order chi connectivity index (χ1) is 9.33. The van der Waals surface area contributed by atoms with Crippen LogP contribution in [0.3, 0.4) is 0 Å². The van der Waals surface area contributed by atoms with Crippen molar-refractivity contribution in [3.8, 4) is 0 Å². The minimum absolute atomic E-state index is 0.316. The molecule has 0 aromatic heterocycles. The Morgan fingerprint density at radius 2 is 1.95 bits per heavy atom. The number of halogens is 1. The third-order valence-electron chi connectivity index (χ3n) is 2.14. The van der Waals surface area contributed by atoms with E-state index in [1.807, 2.05) is 4.93 Å². The Morgan fingerprint density at radius 3 is 2.45 bits per heavy atom. The summed E-state index contributed by atoms with van der Waals surface area (Å²) in [6, 6.07) is 0. The molecule has 6 N–H and O–H groups in total. The summed E-state index contributed by atoms with van der Waals surface area (Å²) >= 11 is -0.316. The predicted octanol–water partition coefficient (Wildman–Crippen LogP) is -6.49. The van der Waals surface area contributed by atoms with Gasteiger partial charge < -0.3 is 0 Å². The predicted molar refractivity (Wildman–Crippen MR) is 63.2 cm³/mol. The van der Waals surface area contributed by atoms with Crippen LogP contribution in [0.2, 0.25) is 0 Å². The van der Waals surface area contributed by atoms with Crippen LogP contribution in [-0.2, 0) is 9.63 Å². The molecule has 0 aliphatic carbocycles. The molecule has 4 atom stereocenters. The Bertz CT molecular complexity index is 318. The van der Waals surface area contributed by atoms with Crippen molar-refractivity contribution in [2.45, 2.75) is 24.4 Å². The van der Waals surface area contributed by atoms with E-state index in [1.165, 1.54) is 7.05 Å². The molecule has 0 saturated heterocycles. The number of rotatable bonds is 9. The first kappa shape index (κ1) is 19.7. The fraction of sp³-hybridized carbons (Fsp3) is 0.700. The fourth-order valence-corrected chi connectivity index (χ4v) is 1.91. The van der Waals surface area contributed by atoms with Crippen molar-refractivity contribution in [2.75, 3.05) is 18.6 Å². The minimum atomic E-state index is -1.75. The van der Waals surface area contributed by atoms with Gasteiger partial charge in [0, 0.05) is 0 Å². The van der Waals surface area contributed by atoms with Gasteiger partial charge in [-0.3, -0.25) is 0 Å². The van der Waals surface area contributed by atoms with Gasteiger partial charge in [0.2, 0.25) is 0 Å². The number of nitrogens with one attached hydrogen (secondary N) is 1. The van der Waals surface area contributed by atoms with E-state index < -0.39 is 37.0 Å². The molecule has 9 nitrogen and oxygen atoms in total. The van der Waals surface area contributed by atoms with E-state index in [4.69, 9.17) is 15.1 Å².